The maximum atomic E-state index is 6.10. The number of benzene rings is 1. The predicted octanol–water partition coefficient (Wildman–Crippen LogP) is 4.30. The summed E-state index contributed by atoms with van der Waals surface area (Å²) in [5.74, 6) is 0.429. The summed E-state index contributed by atoms with van der Waals surface area (Å²) in [6.45, 7) is 4.01. The molecule has 0 radical (unpaired) electrons. The molecule has 20 heavy (non-hydrogen) atoms. The third-order valence-electron chi connectivity index (χ3n) is 3.14. The molecule has 2 heterocycles. The fourth-order valence-electron chi connectivity index (χ4n) is 2.19. The van der Waals surface area contributed by atoms with E-state index in [1.165, 1.54) is 0 Å². The molecule has 7 heteroatoms. The SMILES string of the molecule is Cc1csc(C(C)n2c(N)nc3cc(Cl)c(Cl)cc32)n1. The lowest BCUT2D eigenvalue weighted by Crippen LogP contribution is -2.10. The van der Waals surface area contributed by atoms with Gasteiger partial charge in [0.25, 0.3) is 0 Å². The Balaban J connectivity index is 2.20. The van der Waals surface area contributed by atoms with Gasteiger partial charge in [-0.2, -0.15) is 0 Å². The monoisotopic (exact) mass is 326 g/mol. The summed E-state index contributed by atoms with van der Waals surface area (Å²) in [6.07, 6.45) is 0. The van der Waals surface area contributed by atoms with Gasteiger partial charge in [0, 0.05) is 11.1 Å². The fraction of sp³-hybridized carbons (Fsp3) is 0.231. The van der Waals surface area contributed by atoms with Crippen LogP contribution >= 0.6 is 34.5 Å². The van der Waals surface area contributed by atoms with Crippen molar-refractivity contribution >= 4 is 51.5 Å². The van der Waals surface area contributed by atoms with Crippen LogP contribution in [0.4, 0.5) is 5.95 Å². The molecule has 2 aromatic heterocycles. The first kappa shape index (κ1) is 13.7. The number of aromatic nitrogens is 3. The molecule has 0 saturated carbocycles. The second-order valence-electron chi connectivity index (χ2n) is 4.60. The molecule has 0 aliphatic carbocycles. The van der Waals surface area contributed by atoms with E-state index in [9.17, 15) is 0 Å². The Morgan fingerprint density at radius 1 is 1.25 bits per heavy atom. The van der Waals surface area contributed by atoms with Crippen LogP contribution in [0.1, 0.15) is 23.7 Å². The molecule has 3 aromatic rings. The van der Waals surface area contributed by atoms with E-state index in [1.54, 1.807) is 23.5 Å². The molecule has 104 valence electrons. The van der Waals surface area contributed by atoms with Gasteiger partial charge in [-0.15, -0.1) is 11.3 Å². The number of anilines is 1. The van der Waals surface area contributed by atoms with E-state index in [4.69, 9.17) is 28.9 Å². The van der Waals surface area contributed by atoms with Crippen LogP contribution in [0.15, 0.2) is 17.5 Å². The maximum Gasteiger partial charge on any atom is 0.201 e. The number of imidazole rings is 1. The topological polar surface area (TPSA) is 56.7 Å². The second kappa shape index (κ2) is 4.91. The minimum Gasteiger partial charge on any atom is -0.369 e. The normalized spacial score (nSPS) is 13.0. The van der Waals surface area contributed by atoms with Crippen molar-refractivity contribution in [3.8, 4) is 0 Å². The fourth-order valence-corrected chi connectivity index (χ4v) is 3.35. The highest BCUT2D eigenvalue weighted by atomic mass is 35.5. The average molecular weight is 327 g/mol. The first-order chi connectivity index (χ1) is 9.47. The first-order valence-corrected chi connectivity index (χ1v) is 7.65. The van der Waals surface area contributed by atoms with Gasteiger partial charge in [0.2, 0.25) is 5.95 Å². The third-order valence-corrected chi connectivity index (χ3v) is 5.00. The van der Waals surface area contributed by atoms with Gasteiger partial charge in [0.05, 0.1) is 27.1 Å². The molecule has 0 aliphatic heterocycles. The number of thiazole rings is 1. The van der Waals surface area contributed by atoms with Crippen LogP contribution in [0.5, 0.6) is 0 Å². The summed E-state index contributed by atoms with van der Waals surface area (Å²) in [5.41, 5.74) is 8.63. The molecular weight excluding hydrogens is 315 g/mol. The van der Waals surface area contributed by atoms with Gasteiger partial charge in [-0.1, -0.05) is 23.2 Å². The molecule has 0 spiro atoms. The molecule has 1 aromatic carbocycles. The minimum atomic E-state index is -0.00376. The highest BCUT2D eigenvalue weighted by molar-refractivity contribution is 7.09. The van der Waals surface area contributed by atoms with Crippen molar-refractivity contribution in [3.05, 3.63) is 38.3 Å². The smallest absolute Gasteiger partial charge is 0.201 e. The van der Waals surface area contributed by atoms with Crippen LogP contribution in [0.2, 0.25) is 10.0 Å². The van der Waals surface area contributed by atoms with Gasteiger partial charge < -0.3 is 10.3 Å². The maximum absolute atomic E-state index is 6.10. The summed E-state index contributed by atoms with van der Waals surface area (Å²) >= 11 is 13.7. The van der Waals surface area contributed by atoms with Crippen LogP contribution in [0.3, 0.4) is 0 Å². The van der Waals surface area contributed by atoms with Crippen LogP contribution < -0.4 is 5.73 Å². The number of hydrogen-bond donors (Lipinski definition) is 1. The Bertz CT molecular complexity index is 793. The van der Waals surface area contributed by atoms with Crippen LogP contribution in [-0.2, 0) is 0 Å². The van der Waals surface area contributed by atoms with Crippen LogP contribution in [0.25, 0.3) is 11.0 Å². The molecule has 0 aliphatic rings. The van der Waals surface area contributed by atoms with Gasteiger partial charge in [0.1, 0.15) is 5.01 Å². The average Bonchev–Trinajstić information content (AvgIpc) is 2.93. The van der Waals surface area contributed by atoms with Crippen molar-refractivity contribution < 1.29 is 0 Å². The second-order valence-corrected chi connectivity index (χ2v) is 6.30. The number of nitrogens with two attached hydrogens (primary N) is 1. The van der Waals surface area contributed by atoms with Crippen molar-refractivity contribution in [1.82, 2.24) is 14.5 Å². The highest BCUT2D eigenvalue weighted by Gasteiger charge is 2.19. The summed E-state index contributed by atoms with van der Waals surface area (Å²) in [6, 6.07) is 3.52. The molecule has 2 N–H and O–H groups in total. The van der Waals surface area contributed by atoms with Crippen LogP contribution in [-0.4, -0.2) is 14.5 Å². The number of halogens is 2. The van der Waals surface area contributed by atoms with Crippen molar-refractivity contribution in [3.63, 3.8) is 0 Å². The highest BCUT2D eigenvalue weighted by Crippen LogP contribution is 2.33. The van der Waals surface area contributed by atoms with Crippen molar-refractivity contribution in [2.45, 2.75) is 19.9 Å². The van der Waals surface area contributed by atoms with Gasteiger partial charge >= 0.3 is 0 Å². The van der Waals surface area contributed by atoms with Gasteiger partial charge in [-0.25, -0.2) is 9.97 Å². The van der Waals surface area contributed by atoms with Crippen molar-refractivity contribution in [1.29, 1.82) is 0 Å². The van der Waals surface area contributed by atoms with Gasteiger partial charge in [-0.05, 0) is 26.0 Å². The Labute approximate surface area is 130 Å². The molecule has 4 nitrogen and oxygen atoms in total. The zero-order valence-corrected chi connectivity index (χ0v) is 13.2. The number of nitrogen functional groups attached to an aromatic ring is 1. The molecule has 1 unspecified atom stereocenters. The van der Waals surface area contributed by atoms with E-state index in [-0.39, 0.29) is 6.04 Å². The van der Waals surface area contributed by atoms with E-state index in [1.807, 2.05) is 23.8 Å². The van der Waals surface area contributed by atoms with E-state index < -0.39 is 0 Å². The van der Waals surface area contributed by atoms with Crippen molar-refractivity contribution in [2.24, 2.45) is 0 Å². The molecule has 0 bridgehead atoms. The Morgan fingerprint density at radius 2 is 1.95 bits per heavy atom. The van der Waals surface area contributed by atoms with E-state index >= 15 is 0 Å². The van der Waals surface area contributed by atoms with E-state index in [0.717, 1.165) is 21.7 Å². The summed E-state index contributed by atoms with van der Waals surface area (Å²) < 4.78 is 1.93. The summed E-state index contributed by atoms with van der Waals surface area (Å²) in [7, 11) is 0. The standard InChI is InChI=1S/C13H12Cl2N4S/c1-6-5-20-12(17-6)7(2)19-11-4-9(15)8(14)3-10(11)18-13(19)16/h3-5,7H,1-2H3,(H2,16,18). The third kappa shape index (κ3) is 2.16. The zero-order chi connectivity index (χ0) is 14.4. The van der Waals surface area contributed by atoms with E-state index in [0.29, 0.717) is 16.0 Å². The number of aryl methyl sites for hydroxylation is 1. The Hall–Kier alpha value is -1.30. The number of rotatable bonds is 2. The zero-order valence-electron chi connectivity index (χ0n) is 10.9. The predicted molar refractivity (Wildman–Crippen MR) is 84.8 cm³/mol. The summed E-state index contributed by atoms with van der Waals surface area (Å²) in [5, 5.41) is 3.97. The van der Waals surface area contributed by atoms with Gasteiger partial charge in [-0.3, -0.25) is 0 Å². The van der Waals surface area contributed by atoms with Gasteiger partial charge in [0.15, 0.2) is 0 Å². The Morgan fingerprint density at radius 3 is 2.60 bits per heavy atom. The van der Waals surface area contributed by atoms with Crippen LogP contribution in [0, 0.1) is 6.92 Å². The number of nitrogens with zero attached hydrogens (tertiary/aromatic N) is 3. The molecule has 3 rings (SSSR count). The molecule has 0 fully saturated rings. The number of fused-ring (bicyclic) bond motifs is 1. The van der Waals surface area contributed by atoms with Crippen molar-refractivity contribution in [2.75, 3.05) is 5.73 Å². The largest absolute Gasteiger partial charge is 0.369 e. The Kier molecular flexibility index (Phi) is 3.36. The first-order valence-electron chi connectivity index (χ1n) is 6.02. The lowest BCUT2D eigenvalue weighted by atomic mass is 10.3. The van der Waals surface area contributed by atoms with E-state index in [2.05, 4.69) is 9.97 Å². The lowest BCUT2D eigenvalue weighted by Gasteiger charge is -2.13. The number of hydrogen-bond acceptors (Lipinski definition) is 4. The summed E-state index contributed by atoms with van der Waals surface area (Å²) in [4.78, 5) is 8.85. The molecular formula is C13H12Cl2N4S. The minimum absolute atomic E-state index is 0.00376. The molecule has 0 saturated heterocycles. The quantitative estimate of drug-likeness (QED) is 0.763. The molecule has 0 amide bonds. The lowest BCUT2D eigenvalue weighted by molar-refractivity contribution is 0.661. The molecule has 1 atom stereocenters.